The van der Waals surface area contributed by atoms with Crippen molar-refractivity contribution in [1.29, 1.82) is 0 Å². The Morgan fingerprint density at radius 2 is 1.20 bits per heavy atom. The van der Waals surface area contributed by atoms with Crippen LogP contribution in [-0.4, -0.2) is 38.0 Å². The molecule has 0 saturated heterocycles. The van der Waals surface area contributed by atoms with E-state index in [9.17, 15) is 4.21 Å². The Bertz CT molecular complexity index is 193. The first-order valence-electron chi connectivity index (χ1n) is 2.30. The SMILES string of the molecule is CS(=O)(=O)[O-].C[S+](C)(C)=O. The van der Waals surface area contributed by atoms with Gasteiger partial charge in [-0.1, -0.05) is 0 Å². The molecule has 0 aromatic rings. The van der Waals surface area contributed by atoms with Crippen LogP contribution in [0.2, 0.25) is 0 Å². The van der Waals surface area contributed by atoms with Crippen LogP contribution in [0.4, 0.5) is 0 Å². The highest BCUT2D eigenvalue weighted by Gasteiger charge is 1.95. The van der Waals surface area contributed by atoms with Gasteiger partial charge in [-0.05, 0) is 0 Å². The molecule has 0 atom stereocenters. The molecule has 0 unspecified atom stereocenters. The predicted octanol–water partition coefficient (Wildman–Crippen LogP) is -0.463. The van der Waals surface area contributed by atoms with Gasteiger partial charge in [0.2, 0.25) is 0 Å². The first-order chi connectivity index (χ1) is 4.00. The van der Waals surface area contributed by atoms with Crippen molar-refractivity contribution in [2.45, 2.75) is 0 Å². The lowest BCUT2D eigenvalue weighted by Gasteiger charge is -1.90. The molecule has 0 saturated carbocycles. The van der Waals surface area contributed by atoms with Crippen LogP contribution < -0.4 is 0 Å². The van der Waals surface area contributed by atoms with E-state index in [0.717, 1.165) is 0 Å². The second-order valence-electron chi connectivity index (χ2n) is 2.43. The summed E-state index contributed by atoms with van der Waals surface area (Å²) in [7, 11) is -5.33. The highest BCUT2D eigenvalue weighted by atomic mass is 32.2. The molecule has 0 aliphatic heterocycles. The van der Waals surface area contributed by atoms with Gasteiger partial charge in [-0.15, -0.1) is 4.21 Å². The Hall–Kier alpha value is 0.0600. The standard InChI is InChI=1S/C3H9OS.CH4O3S/c2*1-5(2,3)4/h1-3H3;1H3,(H,2,3,4)/q+1;/p-1. The van der Waals surface area contributed by atoms with Crippen LogP contribution in [-0.2, 0) is 24.3 Å². The highest BCUT2D eigenvalue weighted by molar-refractivity contribution is 8.00. The molecule has 0 rings (SSSR count). The second kappa shape index (κ2) is 4.05. The molecule has 0 heterocycles. The van der Waals surface area contributed by atoms with Gasteiger partial charge >= 0.3 is 0 Å². The van der Waals surface area contributed by atoms with Gasteiger partial charge in [-0.3, -0.25) is 0 Å². The Labute approximate surface area is 62.8 Å². The molecule has 0 amide bonds. The van der Waals surface area contributed by atoms with Crippen LogP contribution in [0.25, 0.3) is 0 Å². The van der Waals surface area contributed by atoms with Gasteiger partial charge in [-0.2, -0.15) is 0 Å². The smallest absolute Gasteiger partial charge is 0.101 e. The summed E-state index contributed by atoms with van der Waals surface area (Å²) in [5, 5.41) is 0. The largest absolute Gasteiger partial charge is 0.748 e. The lowest BCUT2D eigenvalue weighted by atomic mass is 11.9. The van der Waals surface area contributed by atoms with Crippen LogP contribution in [0.3, 0.4) is 0 Å². The van der Waals surface area contributed by atoms with Crippen LogP contribution in [0.15, 0.2) is 0 Å². The summed E-state index contributed by atoms with van der Waals surface area (Å²) >= 11 is 0. The van der Waals surface area contributed by atoms with Gasteiger partial charge in [-0.25, -0.2) is 8.42 Å². The fraction of sp³-hybridized carbons (Fsp3) is 1.00. The molecule has 4 nitrogen and oxygen atoms in total. The van der Waals surface area contributed by atoms with E-state index < -0.39 is 20.1 Å². The maximum absolute atomic E-state index is 10.2. The van der Waals surface area contributed by atoms with E-state index in [2.05, 4.69) is 0 Å². The van der Waals surface area contributed by atoms with Gasteiger partial charge < -0.3 is 4.55 Å². The van der Waals surface area contributed by atoms with E-state index in [0.29, 0.717) is 6.26 Å². The minimum atomic E-state index is -3.92. The molecule has 0 aromatic carbocycles. The minimum absolute atomic E-state index is 0.604. The topological polar surface area (TPSA) is 74.3 Å². The summed E-state index contributed by atoms with van der Waals surface area (Å²) in [6.45, 7) is 0. The molecule has 10 heavy (non-hydrogen) atoms. The fourth-order valence-corrected chi connectivity index (χ4v) is 0. The number of hydrogen-bond donors (Lipinski definition) is 0. The summed E-state index contributed by atoms with van der Waals surface area (Å²) in [5.74, 6) is 0. The van der Waals surface area contributed by atoms with E-state index in [1.54, 1.807) is 18.8 Å². The predicted molar refractivity (Wildman–Crippen MR) is 41.4 cm³/mol. The summed E-state index contributed by atoms with van der Waals surface area (Å²) in [6.07, 6.45) is 5.75. The Morgan fingerprint density at radius 3 is 1.20 bits per heavy atom. The summed E-state index contributed by atoms with van der Waals surface area (Å²) in [4.78, 5) is 0. The third-order valence-electron chi connectivity index (χ3n) is 0. The van der Waals surface area contributed by atoms with Crippen molar-refractivity contribution in [3.05, 3.63) is 0 Å². The van der Waals surface area contributed by atoms with Gasteiger partial charge in [0.1, 0.15) is 18.8 Å². The summed E-state index contributed by atoms with van der Waals surface area (Å²) in [6, 6.07) is 0. The zero-order valence-corrected chi connectivity index (χ0v) is 8.08. The molecular weight excluding hydrogens is 176 g/mol. The number of hydrogen-bond acceptors (Lipinski definition) is 4. The minimum Gasteiger partial charge on any atom is -0.748 e. The van der Waals surface area contributed by atoms with E-state index in [-0.39, 0.29) is 0 Å². The third kappa shape index (κ3) is 112000. The Morgan fingerprint density at radius 1 is 1.20 bits per heavy atom. The Balaban J connectivity index is 0. The molecule has 6 heteroatoms. The molecule has 0 spiro atoms. The quantitative estimate of drug-likeness (QED) is 0.381. The van der Waals surface area contributed by atoms with Crippen molar-refractivity contribution in [3.8, 4) is 0 Å². The Kier molecular flexibility index (Phi) is 5.14. The van der Waals surface area contributed by atoms with Crippen LogP contribution >= 0.6 is 0 Å². The molecule has 0 aliphatic carbocycles. The van der Waals surface area contributed by atoms with Crippen LogP contribution in [0.1, 0.15) is 0 Å². The van der Waals surface area contributed by atoms with Gasteiger partial charge in [0.25, 0.3) is 0 Å². The van der Waals surface area contributed by atoms with Gasteiger partial charge in [0.15, 0.2) is 0 Å². The van der Waals surface area contributed by atoms with E-state index >= 15 is 0 Å². The maximum Gasteiger partial charge on any atom is 0.101 e. The lowest BCUT2D eigenvalue weighted by molar-refractivity contribution is 0.470. The zero-order chi connectivity index (χ0) is 9.00. The van der Waals surface area contributed by atoms with E-state index in [4.69, 9.17) is 13.0 Å². The average Bonchev–Trinajstić information content (AvgIpc) is 1.12. The highest BCUT2D eigenvalue weighted by Crippen LogP contribution is 1.78. The first-order valence-corrected chi connectivity index (χ1v) is 6.90. The molecule has 0 radical (unpaired) electrons. The molecule has 0 fully saturated rings. The van der Waals surface area contributed by atoms with Crippen molar-refractivity contribution in [2.24, 2.45) is 0 Å². The maximum atomic E-state index is 10.2. The average molecular weight is 188 g/mol. The van der Waals surface area contributed by atoms with Crippen molar-refractivity contribution < 1.29 is 17.2 Å². The normalized spacial score (nSPS) is 11.7. The van der Waals surface area contributed by atoms with Gasteiger partial charge in [0, 0.05) is 6.26 Å². The summed E-state index contributed by atoms with van der Waals surface area (Å²) in [5.41, 5.74) is 0. The molecule has 0 bridgehead atoms. The van der Waals surface area contributed by atoms with Crippen LogP contribution in [0, 0.1) is 0 Å². The molecule has 0 N–H and O–H groups in total. The number of rotatable bonds is 0. The lowest BCUT2D eigenvalue weighted by Crippen LogP contribution is -1.97. The van der Waals surface area contributed by atoms with Gasteiger partial charge in [0.05, 0.1) is 20.1 Å². The molecule has 0 aromatic heterocycles. The fourth-order valence-electron chi connectivity index (χ4n) is 0. The molecule has 64 valence electrons. The first kappa shape index (κ1) is 12.7. The third-order valence-corrected chi connectivity index (χ3v) is 0. The van der Waals surface area contributed by atoms with Crippen molar-refractivity contribution in [2.75, 3.05) is 25.0 Å². The van der Waals surface area contributed by atoms with E-state index in [1.165, 1.54) is 0 Å². The summed E-state index contributed by atoms with van der Waals surface area (Å²) < 4.78 is 37.4. The monoisotopic (exact) mass is 188 g/mol. The molecule has 0 aliphatic rings. The zero-order valence-electron chi connectivity index (χ0n) is 6.45. The van der Waals surface area contributed by atoms with E-state index in [1.807, 2.05) is 0 Å². The second-order valence-corrected chi connectivity index (χ2v) is 7.29. The van der Waals surface area contributed by atoms with Crippen molar-refractivity contribution in [3.63, 3.8) is 0 Å². The van der Waals surface area contributed by atoms with Crippen molar-refractivity contribution in [1.82, 2.24) is 0 Å². The van der Waals surface area contributed by atoms with Crippen LogP contribution in [0.5, 0.6) is 0 Å². The van der Waals surface area contributed by atoms with Crippen molar-refractivity contribution >= 4 is 20.1 Å². The molecular formula is C4H12O4S2.